The lowest BCUT2D eigenvalue weighted by Crippen LogP contribution is -2.42. The molecule has 6 nitrogen and oxygen atoms in total. The standard InChI is InChI=1S/C22H26N4O2/c1-3-26(4-2)15-16-9-11-17(12-10-16)22(28)25-24-21(27)13-18-14-23-20-8-6-5-7-19(18)20/h5-12,14,23H,3-4,13,15H2,1-2H3,(H,24,27)(H,25,28). The van der Waals surface area contributed by atoms with Crippen molar-refractivity contribution >= 4 is 22.7 Å². The smallest absolute Gasteiger partial charge is 0.269 e. The second kappa shape index (κ2) is 9.19. The molecular weight excluding hydrogens is 352 g/mol. The summed E-state index contributed by atoms with van der Waals surface area (Å²) in [6.45, 7) is 7.09. The molecule has 3 aromatic rings. The Morgan fingerprint density at radius 3 is 2.39 bits per heavy atom. The van der Waals surface area contributed by atoms with Crippen LogP contribution in [0, 0.1) is 0 Å². The lowest BCUT2D eigenvalue weighted by molar-refractivity contribution is -0.121. The second-order valence-corrected chi connectivity index (χ2v) is 6.70. The van der Waals surface area contributed by atoms with Crippen LogP contribution >= 0.6 is 0 Å². The number of hydrogen-bond donors (Lipinski definition) is 3. The van der Waals surface area contributed by atoms with Gasteiger partial charge < -0.3 is 4.98 Å². The third-order valence-corrected chi connectivity index (χ3v) is 4.86. The largest absolute Gasteiger partial charge is 0.361 e. The molecule has 0 bridgehead atoms. The molecule has 146 valence electrons. The number of nitrogens with zero attached hydrogens (tertiary/aromatic N) is 1. The molecule has 3 rings (SSSR count). The molecule has 0 aliphatic heterocycles. The number of aromatic amines is 1. The highest BCUT2D eigenvalue weighted by atomic mass is 16.2. The highest BCUT2D eigenvalue weighted by Crippen LogP contribution is 2.17. The molecule has 0 spiro atoms. The maximum atomic E-state index is 12.3. The molecule has 0 aliphatic rings. The van der Waals surface area contributed by atoms with Crippen LogP contribution < -0.4 is 10.9 Å². The van der Waals surface area contributed by atoms with Crippen LogP contribution in [-0.4, -0.2) is 34.8 Å². The molecule has 0 saturated carbocycles. The van der Waals surface area contributed by atoms with Gasteiger partial charge >= 0.3 is 0 Å². The molecular formula is C22H26N4O2. The van der Waals surface area contributed by atoms with E-state index in [4.69, 9.17) is 0 Å². The van der Waals surface area contributed by atoms with Crippen LogP contribution in [0.15, 0.2) is 54.7 Å². The van der Waals surface area contributed by atoms with E-state index in [0.717, 1.165) is 41.7 Å². The summed E-state index contributed by atoms with van der Waals surface area (Å²) in [6.07, 6.45) is 2.01. The number of rotatable bonds is 7. The minimum atomic E-state index is -0.332. The van der Waals surface area contributed by atoms with Gasteiger partial charge in [0.2, 0.25) is 5.91 Å². The summed E-state index contributed by atoms with van der Waals surface area (Å²) in [7, 11) is 0. The van der Waals surface area contributed by atoms with Crippen LogP contribution in [0.25, 0.3) is 10.9 Å². The Balaban J connectivity index is 1.52. The molecule has 0 atom stereocenters. The van der Waals surface area contributed by atoms with Gasteiger partial charge in [0, 0.05) is 29.2 Å². The summed E-state index contributed by atoms with van der Waals surface area (Å²) in [5.74, 6) is -0.599. The quantitative estimate of drug-likeness (QED) is 0.553. The minimum absolute atomic E-state index is 0.188. The van der Waals surface area contributed by atoms with Gasteiger partial charge in [0.05, 0.1) is 6.42 Å². The van der Waals surface area contributed by atoms with Crippen LogP contribution in [0.3, 0.4) is 0 Å². The van der Waals surface area contributed by atoms with Crippen molar-refractivity contribution in [1.82, 2.24) is 20.7 Å². The Hall–Kier alpha value is -3.12. The van der Waals surface area contributed by atoms with Gasteiger partial charge in [-0.05, 0) is 42.4 Å². The van der Waals surface area contributed by atoms with E-state index in [1.54, 1.807) is 12.1 Å². The fourth-order valence-electron chi connectivity index (χ4n) is 3.16. The van der Waals surface area contributed by atoms with Gasteiger partial charge in [-0.3, -0.25) is 25.3 Å². The van der Waals surface area contributed by atoms with E-state index in [0.29, 0.717) is 5.56 Å². The molecule has 0 unspecified atom stereocenters. The van der Waals surface area contributed by atoms with E-state index in [1.807, 2.05) is 42.6 Å². The van der Waals surface area contributed by atoms with Gasteiger partial charge in [-0.15, -0.1) is 0 Å². The molecule has 0 radical (unpaired) electrons. The zero-order chi connectivity index (χ0) is 19.9. The van der Waals surface area contributed by atoms with Crippen molar-refractivity contribution in [2.24, 2.45) is 0 Å². The van der Waals surface area contributed by atoms with Crippen molar-refractivity contribution < 1.29 is 9.59 Å². The Morgan fingerprint density at radius 2 is 1.68 bits per heavy atom. The Bertz CT molecular complexity index is 943. The van der Waals surface area contributed by atoms with Crippen molar-refractivity contribution in [3.63, 3.8) is 0 Å². The number of hydrogen-bond acceptors (Lipinski definition) is 3. The normalized spacial score (nSPS) is 11.0. The van der Waals surface area contributed by atoms with Crippen LogP contribution in [0.1, 0.15) is 35.3 Å². The zero-order valence-corrected chi connectivity index (χ0v) is 16.3. The monoisotopic (exact) mass is 378 g/mol. The van der Waals surface area contributed by atoms with Crippen LogP contribution in [-0.2, 0) is 17.8 Å². The third-order valence-electron chi connectivity index (χ3n) is 4.86. The average molecular weight is 378 g/mol. The molecule has 1 heterocycles. The molecule has 0 fully saturated rings. The zero-order valence-electron chi connectivity index (χ0n) is 16.3. The molecule has 6 heteroatoms. The first-order valence-corrected chi connectivity index (χ1v) is 9.56. The number of carbonyl (C=O) groups excluding carboxylic acids is 2. The van der Waals surface area contributed by atoms with Gasteiger partial charge in [0.25, 0.3) is 5.91 Å². The highest BCUT2D eigenvalue weighted by Gasteiger charge is 2.11. The Morgan fingerprint density at radius 1 is 0.964 bits per heavy atom. The van der Waals surface area contributed by atoms with Crippen molar-refractivity contribution in [2.45, 2.75) is 26.8 Å². The number of fused-ring (bicyclic) bond motifs is 1. The summed E-state index contributed by atoms with van der Waals surface area (Å²) in [5.41, 5.74) is 8.51. The van der Waals surface area contributed by atoms with E-state index in [-0.39, 0.29) is 18.2 Å². The van der Waals surface area contributed by atoms with Gasteiger partial charge in [0.15, 0.2) is 0 Å². The Labute approximate surface area is 164 Å². The van der Waals surface area contributed by atoms with Crippen LogP contribution in [0.4, 0.5) is 0 Å². The predicted octanol–water partition coefficient (Wildman–Crippen LogP) is 3.01. The lowest BCUT2D eigenvalue weighted by Gasteiger charge is -2.18. The van der Waals surface area contributed by atoms with Crippen molar-refractivity contribution in [1.29, 1.82) is 0 Å². The second-order valence-electron chi connectivity index (χ2n) is 6.70. The summed E-state index contributed by atoms with van der Waals surface area (Å²) in [5, 5.41) is 1.01. The van der Waals surface area contributed by atoms with E-state index < -0.39 is 0 Å². The maximum absolute atomic E-state index is 12.3. The summed E-state index contributed by atoms with van der Waals surface area (Å²) in [6, 6.07) is 15.2. The number of nitrogens with one attached hydrogen (secondary N) is 3. The number of hydrazine groups is 1. The third kappa shape index (κ3) is 4.78. The molecule has 1 aromatic heterocycles. The number of amides is 2. The van der Waals surface area contributed by atoms with E-state index in [2.05, 4.69) is 34.6 Å². The molecule has 0 saturated heterocycles. The average Bonchev–Trinajstić information content (AvgIpc) is 3.13. The first-order chi connectivity index (χ1) is 13.6. The number of carbonyl (C=O) groups is 2. The van der Waals surface area contributed by atoms with Gasteiger partial charge in [-0.1, -0.05) is 44.2 Å². The lowest BCUT2D eigenvalue weighted by atomic mass is 10.1. The maximum Gasteiger partial charge on any atom is 0.269 e. The topological polar surface area (TPSA) is 77.2 Å². The number of para-hydroxylation sites is 1. The highest BCUT2D eigenvalue weighted by molar-refractivity contribution is 5.96. The van der Waals surface area contributed by atoms with Crippen LogP contribution in [0.5, 0.6) is 0 Å². The Kier molecular flexibility index (Phi) is 6.45. The van der Waals surface area contributed by atoms with Gasteiger partial charge in [-0.25, -0.2) is 0 Å². The molecule has 2 amide bonds. The molecule has 0 aliphatic carbocycles. The van der Waals surface area contributed by atoms with Crippen molar-refractivity contribution in [3.8, 4) is 0 Å². The molecule has 3 N–H and O–H groups in total. The van der Waals surface area contributed by atoms with E-state index >= 15 is 0 Å². The number of aromatic nitrogens is 1. The first kappa shape index (κ1) is 19.6. The summed E-state index contributed by atoms with van der Waals surface area (Å²) < 4.78 is 0. The van der Waals surface area contributed by atoms with E-state index in [9.17, 15) is 9.59 Å². The van der Waals surface area contributed by atoms with Crippen molar-refractivity contribution in [2.75, 3.05) is 13.1 Å². The number of H-pyrrole nitrogens is 1. The van der Waals surface area contributed by atoms with E-state index in [1.165, 1.54) is 0 Å². The van der Waals surface area contributed by atoms with Gasteiger partial charge in [0.1, 0.15) is 0 Å². The minimum Gasteiger partial charge on any atom is -0.361 e. The summed E-state index contributed by atoms with van der Waals surface area (Å²) >= 11 is 0. The van der Waals surface area contributed by atoms with Gasteiger partial charge in [-0.2, -0.15) is 0 Å². The number of benzene rings is 2. The van der Waals surface area contributed by atoms with Crippen molar-refractivity contribution in [3.05, 3.63) is 71.4 Å². The molecule has 28 heavy (non-hydrogen) atoms. The fraction of sp³-hybridized carbons (Fsp3) is 0.273. The van der Waals surface area contributed by atoms with Crippen LogP contribution in [0.2, 0.25) is 0 Å². The predicted molar refractivity (Wildman–Crippen MR) is 111 cm³/mol. The SMILES string of the molecule is CCN(CC)Cc1ccc(C(=O)NNC(=O)Cc2c[nH]c3ccccc23)cc1. The molecule has 2 aromatic carbocycles. The fourth-order valence-corrected chi connectivity index (χ4v) is 3.16. The summed E-state index contributed by atoms with van der Waals surface area (Å²) in [4.78, 5) is 29.9. The first-order valence-electron chi connectivity index (χ1n) is 9.56.